The zero-order valence-corrected chi connectivity index (χ0v) is 12.7. The van der Waals surface area contributed by atoms with Crippen molar-refractivity contribution >= 4 is 27.3 Å². The molecule has 6 nitrogen and oxygen atoms in total. The largest absolute Gasteiger partial charge is 0.477 e. The second kappa shape index (κ2) is 6.25. The molecule has 0 saturated heterocycles. The third-order valence-electron chi connectivity index (χ3n) is 2.77. The topological polar surface area (TPSA) is 90.5 Å². The Hall–Kier alpha value is -1.90. The Labute approximate surface area is 126 Å². The number of carbonyl (C=O) groups is 1. The number of hydrogen-bond acceptors (Lipinski definition) is 4. The molecule has 21 heavy (non-hydrogen) atoms. The average molecular weight is 326 g/mol. The lowest BCUT2D eigenvalue weighted by molar-refractivity contribution is 0.0691. The van der Waals surface area contributed by atoms with Gasteiger partial charge in [-0.25, -0.2) is 13.2 Å². The van der Waals surface area contributed by atoms with Crippen LogP contribution in [0.4, 0.5) is 0 Å². The van der Waals surface area contributed by atoms with Crippen molar-refractivity contribution in [3.05, 3.63) is 53.0 Å². The van der Waals surface area contributed by atoms with Gasteiger partial charge in [0.25, 0.3) is 0 Å². The summed E-state index contributed by atoms with van der Waals surface area (Å²) in [4.78, 5) is 14.1. The fourth-order valence-electron chi connectivity index (χ4n) is 1.76. The van der Waals surface area contributed by atoms with Gasteiger partial charge < -0.3 is 10.1 Å². The Kier molecular flexibility index (Phi) is 4.61. The highest BCUT2D eigenvalue weighted by atomic mass is 32.2. The zero-order chi connectivity index (χ0) is 15.5. The summed E-state index contributed by atoms with van der Waals surface area (Å²) in [6, 6.07) is 4.80. The highest BCUT2D eigenvalue weighted by molar-refractivity contribution is 7.89. The molecule has 2 aromatic rings. The lowest BCUT2D eigenvalue weighted by Gasteiger charge is -2.19. The van der Waals surface area contributed by atoms with E-state index in [0.717, 1.165) is 10.9 Å². The van der Waals surface area contributed by atoms with E-state index >= 15 is 0 Å². The standard InChI is InChI=1S/C13H14N2O4S2/c1-2-5-15(9-10-4-3-6-20-10)21(18,19)11-7-12(13(16)17)14-8-11/h2-4,6-8,14H,1,5,9H2,(H,16,17). The zero-order valence-electron chi connectivity index (χ0n) is 11.0. The predicted octanol–water partition coefficient (Wildman–Crippen LogP) is 2.15. The molecule has 2 N–H and O–H groups in total. The molecule has 0 aliphatic heterocycles. The van der Waals surface area contributed by atoms with Gasteiger partial charge in [-0.15, -0.1) is 17.9 Å². The minimum atomic E-state index is -3.78. The molecular weight excluding hydrogens is 312 g/mol. The number of aromatic carboxylic acids is 1. The number of hydrogen-bond donors (Lipinski definition) is 2. The molecule has 0 unspecified atom stereocenters. The molecule has 0 aliphatic carbocycles. The van der Waals surface area contributed by atoms with E-state index < -0.39 is 16.0 Å². The van der Waals surface area contributed by atoms with Crippen LogP contribution >= 0.6 is 11.3 Å². The highest BCUT2D eigenvalue weighted by Crippen LogP contribution is 2.21. The molecule has 112 valence electrons. The minimum absolute atomic E-state index is 0.0710. The van der Waals surface area contributed by atoms with Gasteiger partial charge in [0.2, 0.25) is 10.0 Å². The maximum atomic E-state index is 12.6. The molecule has 0 spiro atoms. The third kappa shape index (κ3) is 3.41. The van der Waals surface area contributed by atoms with Crippen molar-refractivity contribution in [1.29, 1.82) is 0 Å². The van der Waals surface area contributed by atoms with E-state index in [1.165, 1.54) is 27.9 Å². The summed E-state index contributed by atoms with van der Waals surface area (Å²) < 4.78 is 26.4. The number of H-pyrrole nitrogens is 1. The molecule has 2 rings (SSSR count). The minimum Gasteiger partial charge on any atom is -0.477 e. The van der Waals surface area contributed by atoms with Crippen LogP contribution in [0, 0.1) is 0 Å². The van der Waals surface area contributed by atoms with Crippen LogP contribution in [0.25, 0.3) is 0 Å². The Morgan fingerprint density at radius 1 is 1.52 bits per heavy atom. The summed E-state index contributed by atoms with van der Waals surface area (Å²) in [5.41, 5.74) is -0.164. The number of aromatic amines is 1. The molecule has 8 heteroatoms. The normalized spacial score (nSPS) is 11.7. The lowest BCUT2D eigenvalue weighted by Crippen LogP contribution is -2.30. The number of sulfonamides is 1. The highest BCUT2D eigenvalue weighted by Gasteiger charge is 2.26. The molecule has 2 aromatic heterocycles. The predicted molar refractivity (Wildman–Crippen MR) is 79.9 cm³/mol. The van der Waals surface area contributed by atoms with Crippen LogP contribution in [-0.4, -0.2) is 35.3 Å². The second-order valence-electron chi connectivity index (χ2n) is 4.22. The van der Waals surface area contributed by atoms with Gasteiger partial charge in [0, 0.05) is 24.2 Å². The van der Waals surface area contributed by atoms with Gasteiger partial charge >= 0.3 is 5.97 Å². The van der Waals surface area contributed by atoms with Crippen LogP contribution in [0.5, 0.6) is 0 Å². The number of thiophene rings is 1. The summed E-state index contributed by atoms with van der Waals surface area (Å²) in [7, 11) is -3.78. The third-order valence-corrected chi connectivity index (χ3v) is 5.42. The summed E-state index contributed by atoms with van der Waals surface area (Å²) >= 11 is 1.46. The van der Waals surface area contributed by atoms with Gasteiger partial charge in [-0.2, -0.15) is 4.31 Å². The second-order valence-corrected chi connectivity index (χ2v) is 7.19. The fraction of sp³-hybridized carbons (Fsp3) is 0.154. The summed E-state index contributed by atoms with van der Waals surface area (Å²) in [6.07, 6.45) is 2.68. The van der Waals surface area contributed by atoms with Gasteiger partial charge in [-0.05, 0) is 17.5 Å². The number of carboxylic acids is 1. The lowest BCUT2D eigenvalue weighted by atomic mass is 10.4. The van der Waals surface area contributed by atoms with Crippen molar-refractivity contribution < 1.29 is 18.3 Å². The van der Waals surface area contributed by atoms with Crippen LogP contribution in [-0.2, 0) is 16.6 Å². The van der Waals surface area contributed by atoms with Gasteiger partial charge in [-0.1, -0.05) is 12.1 Å². The number of rotatable bonds is 7. The van der Waals surface area contributed by atoms with E-state index in [-0.39, 0.29) is 23.7 Å². The van der Waals surface area contributed by atoms with E-state index in [4.69, 9.17) is 5.11 Å². The van der Waals surface area contributed by atoms with Gasteiger partial charge in [-0.3, -0.25) is 0 Å². The Morgan fingerprint density at radius 3 is 2.81 bits per heavy atom. The fourth-order valence-corrected chi connectivity index (χ4v) is 3.95. The van der Waals surface area contributed by atoms with Crippen molar-refractivity contribution in [3.63, 3.8) is 0 Å². The quantitative estimate of drug-likeness (QED) is 0.763. The number of carboxylic acid groups (broad SMARTS) is 1. The van der Waals surface area contributed by atoms with E-state index in [0.29, 0.717) is 0 Å². The van der Waals surface area contributed by atoms with Crippen molar-refractivity contribution in [2.24, 2.45) is 0 Å². The first-order chi connectivity index (χ1) is 9.95. The smallest absolute Gasteiger partial charge is 0.352 e. The first-order valence-electron chi connectivity index (χ1n) is 6.00. The van der Waals surface area contributed by atoms with Crippen molar-refractivity contribution in [1.82, 2.24) is 9.29 Å². The van der Waals surface area contributed by atoms with Crippen LogP contribution in [0.3, 0.4) is 0 Å². The van der Waals surface area contributed by atoms with Crippen LogP contribution in [0.15, 0.2) is 47.3 Å². The van der Waals surface area contributed by atoms with E-state index in [9.17, 15) is 13.2 Å². The molecule has 2 heterocycles. The van der Waals surface area contributed by atoms with Crippen molar-refractivity contribution in [2.75, 3.05) is 6.54 Å². The molecule has 0 atom stereocenters. The molecule has 0 bridgehead atoms. The van der Waals surface area contributed by atoms with Crippen LogP contribution in [0.1, 0.15) is 15.4 Å². The molecule has 0 radical (unpaired) electrons. The van der Waals surface area contributed by atoms with Crippen LogP contribution < -0.4 is 0 Å². The molecule has 0 aliphatic rings. The van der Waals surface area contributed by atoms with Crippen molar-refractivity contribution in [3.8, 4) is 0 Å². The Balaban J connectivity index is 2.32. The maximum Gasteiger partial charge on any atom is 0.352 e. The SMILES string of the molecule is C=CCN(Cc1cccs1)S(=O)(=O)c1c[nH]c(C(=O)O)c1. The Bertz CT molecular complexity index is 732. The molecule has 0 fully saturated rings. The molecule has 0 amide bonds. The first kappa shape index (κ1) is 15.5. The van der Waals surface area contributed by atoms with Gasteiger partial charge in [0.15, 0.2) is 0 Å². The van der Waals surface area contributed by atoms with Gasteiger partial charge in [0.05, 0.1) is 0 Å². The monoisotopic (exact) mass is 326 g/mol. The molecule has 0 saturated carbocycles. The maximum absolute atomic E-state index is 12.6. The van der Waals surface area contributed by atoms with E-state index in [1.54, 1.807) is 0 Å². The summed E-state index contributed by atoms with van der Waals surface area (Å²) in [5, 5.41) is 10.7. The van der Waals surface area contributed by atoms with E-state index in [2.05, 4.69) is 11.6 Å². The molecular formula is C13H14N2O4S2. The number of nitrogens with zero attached hydrogens (tertiary/aromatic N) is 1. The number of aromatic nitrogens is 1. The molecule has 0 aromatic carbocycles. The average Bonchev–Trinajstić information content (AvgIpc) is 3.09. The number of nitrogens with one attached hydrogen (secondary N) is 1. The Morgan fingerprint density at radius 2 is 2.29 bits per heavy atom. The van der Waals surface area contributed by atoms with E-state index in [1.807, 2.05) is 17.5 Å². The van der Waals surface area contributed by atoms with Crippen LogP contribution in [0.2, 0.25) is 0 Å². The first-order valence-corrected chi connectivity index (χ1v) is 8.32. The summed E-state index contributed by atoms with van der Waals surface area (Å²) in [6.45, 7) is 3.93. The summed E-state index contributed by atoms with van der Waals surface area (Å²) in [5.74, 6) is -1.20. The van der Waals surface area contributed by atoms with Gasteiger partial charge in [0.1, 0.15) is 10.6 Å². The van der Waals surface area contributed by atoms with Crippen molar-refractivity contribution in [2.45, 2.75) is 11.4 Å².